The molecule has 0 aromatic heterocycles. The van der Waals surface area contributed by atoms with Crippen molar-refractivity contribution in [3.63, 3.8) is 0 Å². The first-order chi connectivity index (χ1) is 11.7. The molecular formula is C21H26O2S. The minimum atomic E-state index is 0.619. The Morgan fingerprint density at radius 2 is 1.42 bits per heavy atom. The lowest BCUT2D eigenvalue weighted by molar-refractivity contribution is 0.321. The van der Waals surface area contributed by atoms with Crippen LogP contribution in [0.4, 0.5) is 0 Å². The molecule has 0 radical (unpaired) electrons. The first kappa shape index (κ1) is 18.5. The monoisotopic (exact) mass is 342 g/mol. The van der Waals surface area contributed by atoms with Gasteiger partial charge in [-0.2, -0.15) is 12.6 Å². The highest BCUT2D eigenvalue weighted by molar-refractivity contribution is 7.79. The van der Waals surface area contributed by atoms with Gasteiger partial charge in [-0.1, -0.05) is 37.3 Å². The number of thiol groups is 1. The largest absolute Gasteiger partial charge is 0.493 e. The summed E-state index contributed by atoms with van der Waals surface area (Å²) in [6.45, 7) is 7.38. The smallest absolute Gasteiger partial charge is 0.130 e. The number of hydrogen-bond donors (Lipinski definition) is 1. The summed E-state index contributed by atoms with van der Waals surface area (Å²) >= 11 is 4.37. The minimum Gasteiger partial charge on any atom is -0.493 e. The average Bonchev–Trinajstić information content (AvgIpc) is 2.61. The molecule has 128 valence electrons. The zero-order valence-electron chi connectivity index (χ0n) is 14.7. The maximum atomic E-state index is 5.83. The zero-order valence-corrected chi connectivity index (χ0v) is 15.6. The van der Waals surface area contributed by atoms with Crippen LogP contribution in [-0.2, 0) is 12.2 Å². The van der Waals surface area contributed by atoms with E-state index in [1.807, 2.05) is 26.0 Å². The van der Waals surface area contributed by atoms with Crippen LogP contribution in [0.25, 0.3) is 12.2 Å². The predicted molar refractivity (Wildman–Crippen MR) is 106 cm³/mol. The van der Waals surface area contributed by atoms with Crippen molar-refractivity contribution in [1.82, 2.24) is 0 Å². The van der Waals surface area contributed by atoms with E-state index in [0.717, 1.165) is 34.6 Å². The third-order valence-corrected chi connectivity index (χ3v) is 4.14. The van der Waals surface area contributed by atoms with Crippen molar-refractivity contribution in [3.05, 3.63) is 58.7 Å². The van der Waals surface area contributed by atoms with Crippen LogP contribution in [0.3, 0.4) is 0 Å². The van der Waals surface area contributed by atoms with Gasteiger partial charge in [-0.15, -0.1) is 0 Å². The van der Waals surface area contributed by atoms with Gasteiger partial charge in [0.25, 0.3) is 0 Å². The van der Waals surface area contributed by atoms with Crippen molar-refractivity contribution in [2.24, 2.45) is 0 Å². The van der Waals surface area contributed by atoms with Crippen LogP contribution in [0.5, 0.6) is 11.5 Å². The molecule has 0 saturated carbocycles. The van der Waals surface area contributed by atoms with E-state index in [2.05, 4.69) is 56.0 Å². The lowest BCUT2D eigenvalue weighted by atomic mass is 10.1. The predicted octanol–water partition coefficient (Wildman–Crippen LogP) is 5.65. The molecule has 0 unspecified atom stereocenters. The summed E-state index contributed by atoms with van der Waals surface area (Å²) in [5.74, 6) is 2.34. The van der Waals surface area contributed by atoms with Gasteiger partial charge in [0, 0.05) is 5.75 Å². The highest BCUT2D eigenvalue weighted by Crippen LogP contribution is 2.33. The van der Waals surface area contributed by atoms with Gasteiger partial charge in [-0.05, 0) is 55.2 Å². The molecule has 0 fully saturated rings. The quantitative estimate of drug-likeness (QED) is 0.494. The fourth-order valence-electron chi connectivity index (χ4n) is 2.50. The second-order valence-corrected chi connectivity index (χ2v) is 5.77. The van der Waals surface area contributed by atoms with E-state index in [0.29, 0.717) is 19.0 Å². The Morgan fingerprint density at radius 3 is 1.88 bits per heavy atom. The van der Waals surface area contributed by atoms with Gasteiger partial charge in [0.15, 0.2) is 0 Å². The van der Waals surface area contributed by atoms with Crippen molar-refractivity contribution >= 4 is 24.8 Å². The van der Waals surface area contributed by atoms with E-state index in [1.54, 1.807) is 0 Å². The van der Waals surface area contributed by atoms with Gasteiger partial charge < -0.3 is 9.47 Å². The number of aryl methyl sites for hydroxylation is 1. The Hall–Kier alpha value is -1.87. The van der Waals surface area contributed by atoms with Gasteiger partial charge in [-0.3, -0.25) is 0 Å². The number of benzene rings is 2. The van der Waals surface area contributed by atoms with E-state index >= 15 is 0 Å². The van der Waals surface area contributed by atoms with E-state index < -0.39 is 0 Å². The summed E-state index contributed by atoms with van der Waals surface area (Å²) < 4.78 is 11.7. The Labute approximate surface area is 150 Å². The molecule has 0 N–H and O–H groups in total. The molecule has 2 aromatic rings. The first-order valence-corrected chi connectivity index (χ1v) is 9.15. The maximum Gasteiger partial charge on any atom is 0.130 e. The summed E-state index contributed by atoms with van der Waals surface area (Å²) in [6.07, 6.45) is 5.22. The molecular weight excluding hydrogens is 316 g/mol. The van der Waals surface area contributed by atoms with Gasteiger partial charge in [-0.25, -0.2) is 0 Å². The van der Waals surface area contributed by atoms with Crippen molar-refractivity contribution in [3.8, 4) is 11.5 Å². The van der Waals surface area contributed by atoms with Crippen molar-refractivity contribution in [1.29, 1.82) is 0 Å². The average molecular weight is 343 g/mol. The molecule has 0 atom stereocenters. The summed E-state index contributed by atoms with van der Waals surface area (Å²) in [5, 5.41) is 0. The van der Waals surface area contributed by atoms with Gasteiger partial charge in [0.1, 0.15) is 11.5 Å². The fraction of sp³-hybridized carbons (Fsp3) is 0.333. The molecule has 24 heavy (non-hydrogen) atoms. The van der Waals surface area contributed by atoms with E-state index in [-0.39, 0.29) is 0 Å². The fourth-order valence-corrected chi connectivity index (χ4v) is 2.69. The molecule has 2 nitrogen and oxygen atoms in total. The third-order valence-electron chi connectivity index (χ3n) is 3.78. The third kappa shape index (κ3) is 4.81. The lowest BCUT2D eigenvalue weighted by Gasteiger charge is -2.15. The Morgan fingerprint density at radius 1 is 0.833 bits per heavy atom. The zero-order chi connectivity index (χ0) is 17.4. The van der Waals surface area contributed by atoms with Gasteiger partial charge in [0.2, 0.25) is 0 Å². The van der Waals surface area contributed by atoms with Crippen LogP contribution >= 0.6 is 12.6 Å². The van der Waals surface area contributed by atoms with E-state index in [4.69, 9.17) is 9.47 Å². The first-order valence-electron chi connectivity index (χ1n) is 8.52. The number of hydrogen-bond acceptors (Lipinski definition) is 3. The summed E-state index contributed by atoms with van der Waals surface area (Å²) in [7, 11) is 0. The van der Waals surface area contributed by atoms with Crippen molar-refractivity contribution in [2.45, 2.75) is 32.9 Å². The van der Waals surface area contributed by atoms with Crippen molar-refractivity contribution in [2.75, 3.05) is 13.2 Å². The summed E-state index contributed by atoms with van der Waals surface area (Å²) in [5.41, 5.74) is 4.57. The summed E-state index contributed by atoms with van der Waals surface area (Å²) in [6, 6.07) is 12.7. The van der Waals surface area contributed by atoms with Crippen LogP contribution in [0, 0.1) is 0 Å². The van der Waals surface area contributed by atoms with Crippen LogP contribution in [0.2, 0.25) is 0 Å². The number of ether oxygens (including phenoxy) is 2. The molecule has 0 amide bonds. The van der Waals surface area contributed by atoms with Crippen LogP contribution < -0.4 is 9.47 Å². The molecule has 0 aliphatic rings. The standard InChI is InChI=1S/C21H26O2S/c1-4-16-7-9-17(10-8-16)11-12-19-20(22-5-2)13-18(15-24)14-21(19)23-6-3/h7-14,24H,4-6,15H2,1-3H3/b12-11+. The molecule has 0 saturated heterocycles. The van der Waals surface area contributed by atoms with Crippen molar-refractivity contribution < 1.29 is 9.47 Å². The molecule has 0 spiro atoms. The van der Waals surface area contributed by atoms with E-state index in [1.165, 1.54) is 5.56 Å². The SMILES string of the molecule is CCOc1cc(CS)cc(OCC)c1/C=C/c1ccc(CC)cc1. The molecule has 3 heteroatoms. The molecule has 0 heterocycles. The Kier molecular flexibility index (Phi) is 7.26. The lowest BCUT2D eigenvalue weighted by Crippen LogP contribution is -2.00. The Balaban J connectivity index is 2.39. The minimum absolute atomic E-state index is 0.619. The second-order valence-electron chi connectivity index (χ2n) is 5.46. The number of rotatable bonds is 8. The van der Waals surface area contributed by atoms with Crippen LogP contribution in [0.1, 0.15) is 43.0 Å². The Bertz CT molecular complexity index is 648. The highest BCUT2D eigenvalue weighted by Gasteiger charge is 2.11. The molecule has 0 aliphatic carbocycles. The maximum absolute atomic E-state index is 5.83. The highest BCUT2D eigenvalue weighted by atomic mass is 32.1. The topological polar surface area (TPSA) is 18.5 Å². The van der Waals surface area contributed by atoms with Gasteiger partial charge >= 0.3 is 0 Å². The normalized spacial score (nSPS) is 11.0. The van der Waals surface area contributed by atoms with Crippen LogP contribution in [0.15, 0.2) is 36.4 Å². The summed E-state index contributed by atoms with van der Waals surface area (Å²) in [4.78, 5) is 0. The molecule has 0 bridgehead atoms. The molecule has 2 aromatic carbocycles. The second kappa shape index (κ2) is 9.43. The molecule has 0 aliphatic heterocycles. The van der Waals surface area contributed by atoms with E-state index in [9.17, 15) is 0 Å². The van der Waals surface area contributed by atoms with Crippen LogP contribution in [-0.4, -0.2) is 13.2 Å². The molecule has 2 rings (SSSR count). The van der Waals surface area contributed by atoms with Gasteiger partial charge in [0.05, 0.1) is 18.8 Å².